The monoisotopic (exact) mass is 448 g/mol. The Bertz CT molecular complexity index is 930. The Kier molecular flexibility index (Phi) is 5.79. The number of rotatable bonds is 7. The molecule has 0 radical (unpaired) electrons. The minimum Gasteiger partial charge on any atom is -0.486 e. The Labute approximate surface area is 187 Å². The molecule has 3 unspecified atom stereocenters. The molecule has 1 heterocycles. The zero-order chi connectivity index (χ0) is 21.5. The van der Waals surface area contributed by atoms with Crippen molar-refractivity contribution in [3.63, 3.8) is 0 Å². The van der Waals surface area contributed by atoms with Crippen LogP contribution in [0.3, 0.4) is 0 Å². The molecule has 8 heteroatoms. The van der Waals surface area contributed by atoms with Crippen molar-refractivity contribution in [3.8, 4) is 5.75 Å². The van der Waals surface area contributed by atoms with Crippen molar-refractivity contribution >= 4 is 29.3 Å². The average Bonchev–Trinajstić information content (AvgIpc) is 3.23. The fourth-order valence-corrected chi connectivity index (χ4v) is 5.93. The van der Waals surface area contributed by atoms with Crippen molar-refractivity contribution in [3.05, 3.63) is 35.1 Å². The van der Waals surface area contributed by atoms with Crippen molar-refractivity contribution in [2.24, 2.45) is 23.8 Å². The van der Waals surface area contributed by atoms with Gasteiger partial charge in [-0.1, -0.05) is 44.1 Å². The van der Waals surface area contributed by atoms with Crippen LogP contribution in [0.1, 0.15) is 45.9 Å². The second-order valence-electron chi connectivity index (χ2n) is 9.22. The van der Waals surface area contributed by atoms with Gasteiger partial charge in [0.25, 0.3) is 0 Å². The second-order valence-corrected chi connectivity index (χ2v) is 10.6. The van der Waals surface area contributed by atoms with Crippen LogP contribution in [-0.4, -0.2) is 32.5 Å². The van der Waals surface area contributed by atoms with E-state index >= 15 is 0 Å². The summed E-state index contributed by atoms with van der Waals surface area (Å²) in [6, 6.07) is 7.46. The maximum atomic E-state index is 12.6. The van der Waals surface area contributed by atoms with E-state index in [0.717, 1.165) is 12.2 Å². The molecule has 2 aromatic rings. The molecule has 0 saturated heterocycles. The number of benzene rings is 1. The van der Waals surface area contributed by atoms with Gasteiger partial charge in [0.05, 0.1) is 5.75 Å². The molecule has 4 rings (SSSR count). The summed E-state index contributed by atoms with van der Waals surface area (Å²) >= 11 is 7.30. The SMILES string of the molecule is Cn1c(COc2ccc(Cl)cc2)nnc1SCC(=O)NC1CC2CCC1(C)C2(C)C. The number of ether oxygens (including phenoxy) is 1. The topological polar surface area (TPSA) is 69.0 Å². The fourth-order valence-electron chi connectivity index (χ4n) is 5.06. The predicted octanol–water partition coefficient (Wildman–Crippen LogP) is 4.47. The molecular weight excluding hydrogens is 420 g/mol. The third-order valence-electron chi connectivity index (χ3n) is 7.57. The number of hydrogen-bond acceptors (Lipinski definition) is 5. The molecule has 0 spiro atoms. The van der Waals surface area contributed by atoms with Crippen LogP contribution in [0, 0.1) is 16.7 Å². The van der Waals surface area contributed by atoms with Crippen LogP contribution >= 0.6 is 23.4 Å². The van der Waals surface area contributed by atoms with Gasteiger partial charge in [-0.15, -0.1) is 10.2 Å². The molecule has 3 atom stereocenters. The first-order chi connectivity index (χ1) is 14.2. The summed E-state index contributed by atoms with van der Waals surface area (Å²) in [5.41, 5.74) is 0.482. The Hall–Kier alpha value is -1.73. The van der Waals surface area contributed by atoms with Gasteiger partial charge in [0.15, 0.2) is 11.0 Å². The van der Waals surface area contributed by atoms with Crippen molar-refractivity contribution in [2.75, 3.05) is 5.75 Å². The Balaban J connectivity index is 1.29. The molecule has 2 aliphatic rings. The van der Waals surface area contributed by atoms with E-state index in [1.165, 1.54) is 24.6 Å². The van der Waals surface area contributed by atoms with E-state index in [0.29, 0.717) is 39.7 Å². The van der Waals surface area contributed by atoms with Crippen LogP contribution in [0.5, 0.6) is 5.75 Å². The fraction of sp³-hybridized carbons (Fsp3) is 0.591. The van der Waals surface area contributed by atoms with Crippen molar-refractivity contribution in [1.29, 1.82) is 0 Å². The van der Waals surface area contributed by atoms with Gasteiger partial charge in [0.2, 0.25) is 5.91 Å². The summed E-state index contributed by atoms with van der Waals surface area (Å²) in [5.74, 6) is 2.54. The highest BCUT2D eigenvalue weighted by atomic mass is 35.5. The number of carbonyl (C=O) groups is 1. The number of aromatic nitrogens is 3. The van der Waals surface area contributed by atoms with Crippen LogP contribution in [0.25, 0.3) is 0 Å². The number of carbonyl (C=O) groups excluding carboxylic acids is 1. The minimum atomic E-state index is 0.0662. The number of hydrogen-bond donors (Lipinski definition) is 1. The molecule has 2 aliphatic carbocycles. The molecule has 30 heavy (non-hydrogen) atoms. The lowest BCUT2D eigenvalue weighted by Crippen LogP contribution is -2.47. The maximum Gasteiger partial charge on any atom is 0.230 e. The molecule has 2 fully saturated rings. The molecule has 1 amide bonds. The number of nitrogens with zero attached hydrogens (tertiary/aromatic N) is 3. The standard InChI is InChI=1S/C22H29ClN4O2S/c1-21(2)14-9-10-22(21,3)17(11-14)24-19(28)13-30-20-26-25-18(27(20)4)12-29-16-7-5-15(23)6-8-16/h5-8,14,17H,9-13H2,1-4H3,(H,24,28). The molecule has 1 aromatic carbocycles. The van der Waals surface area contributed by atoms with Crippen LogP contribution in [0.2, 0.25) is 5.02 Å². The first kappa shape index (κ1) is 21.5. The third kappa shape index (κ3) is 3.82. The van der Waals surface area contributed by atoms with Crippen LogP contribution < -0.4 is 10.1 Å². The summed E-state index contributed by atoms with van der Waals surface area (Å²) in [6.45, 7) is 7.36. The highest BCUT2D eigenvalue weighted by molar-refractivity contribution is 7.99. The van der Waals surface area contributed by atoms with Gasteiger partial charge in [-0.25, -0.2) is 0 Å². The van der Waals surface area contributed by atoms with Gasteiger partial charge < -0.3 is 14.6 Å². The largest absolute Gasteiger partial charge is 0.486 e. The average molecular weight is 449 g/mol. The Morgan fingerprint density at radius 1 is 1.30 bits per heavy atom. The van der Waals surface area contributed by atoms with Gasteiger partial charge in [-0.3, -0.25) is 4.79 Å². The first-order valence-corrected chi connectivity index (χ1v) is 11.8. The summed E-state index contributed by atoms with van der Waals surface area (Å²) in [4.78, 5) is 12.6. The lowest BCUT2D eigenvalue weighted by atomic mass is 9.69. The van der Waals surface area contributed by atoms with E-state index in [2.05, 4.69) is 36.3 Å². The minimum absolute atomic E-state index is 0.0662. The van der Waals surface area contributed by atoms with Crippen molar-refractivity contribution in [2.45, 2.75) is 57.8 Å². The molecule has 2 saturated carbocycles. The number of nitrogens with one attached hydrogen (secondary N) is 1. The maximum absolute atomic E-state index is 12.6. The summed E-state index contributed by atoms with van der Waals surface area (Å²) < 4.78 is 7.61. The highest BCUT2D eigenvalue weighted by Gasteiger charge is 2.61. The Morgan fingerprint density at radius 2 is 2.03 bits per heavy atom. The van der Waals surface area contributed by atoms with Gasteiger partial charge in [0, 0.05) is 18.1 Å². The van der Waals surface area contributed by atoms with E-state index in [-0.39, 0.29) is 17.4 Å². The lowest BCUT2D eigenvalue weighted by Gasteiger charge is -2.39. The van der Waals surface area contributed by atoms with Crippen molar-refractivity contribution < 1.29 is 9.53 Å². The van der Waals surface area contributed by atoms with Gasteiger partial charge >= 0.3 is 0 Å². The van der Waals surface area contributed by atoms with Gasteiger partial charge in [-0.2, -0.15) is 0 Å². The molecular formula is C22H29ClN4O2S. The second kappa shape index (κ2) is 8.08. The highest BCUT2D eigenvalue weighted by Crippen LogP contribution is 2.65. The molecule has 2 bridgehead atoms. The summed E-state index contributed by atoms with van der Waals surface area (Å²) in [6.07, 6.45) is 3.57. The zero-order valence-electron chi connectivity index (χ0n) is 17.9. The molecule has 0 aliphatic heterocycles. The zero-order valence-corrected chi connectivity index (χ0v) is 19.5. The van der Waals surface area contributed by atoms with E-state index < -0.39 is 0 Å². The molecule has 6 nitrogen and oxygen atoms in total. The quantitative estimate of drug-likeness (QED) is 0.633. The van der Waals surface area contributed by atoms with E-state index in [1.807, 2.05) is 23.7 Å². The lowest BCUT2D eigenvalue weighted by molar-refractivity contribution is -0.120. The number of amides is 1. The predicted molar refractivity (Wildman–Crippen MR) is 119 cm³/mol. The summed E-state index contributed by atoms with van der Waals surface area (Å²) in [7, 11) is 1.89. The van der Waals surface area contributed by atoms with Gasteiger partial charge in [-0.05, 0) is 60.3 Å². The number of thioether (sulfide) groups is 1. The van der Waals surface area contributed by atoms with E-state index in [9.17, 15) is 4.79 Å². The smallest absolute Gasteiger partial charge is 0.230 e. The molecule has 1 N–H and O–H groups in total. The van der Waals surface area contributed by atoms with E-state index in [1.54, 1.807) is 12.1 Å². The molecule has 162 valence electrons. The van der Waals surface area contributed by atoms with Gasteiger partial charge in [0.1, 0.15) is 12.4 Å². The van der Waals surface area contributed by atoms with Crippen LogP contribution in [0.4, 0.5) is 0 Å². The van der Waals surface area contributed by atoms with E-state index in [4.69, 9.17) is 16.3 Å². The van der Waals surface area contributed by atoms with Crippen LogP contribution in [-0.2, 0) is 18.4 Å². The van der Waals surface area contributed by atoms with Crippen LogP contribution in [0.15, 0.2) is 29.4 Å². The van der Waals surface area contributed by atoms with Crippen molar-refractivity contribution in [1.82, 2.24) is 20.1 Å². The molecule has 1 aromatic heterocycles. The normalized spacial score (nSPS) is 26.7. The number of fused-ring (bicyclic) bond motifs is 2. The first-order valence-electron chi connectivity index (χ1n) is 10.4. The number of halogens is 1. The third-order valence-corrected chi connectivity index (χ3v) is 8.84. The summed E-state index contributed by atoms with van der Waals surface area (Å²) in [5, 5.41) is 13.1. The Morgan fingerprint density at radius 3 is 2.67 bits per heavy atom.